The molecule has 0 aliphatic heterocycles. The average Bonchev–Trinajstić information content (AvgIpc) is 2.51. The summed E-state index contributed by atoms with van der Waals surface area (Å²) in [6.07, 6.45) is 0. The lowest BCUT2D eigenvalue weighted by molar-refractivity contribution is 0.599. The van der Waals surface area contributed by atoms with Gasteiger partial charge < -0.3 is 4.90 Å². The van der Waals surface area contributed by atoms with E-state index in [1.54, 1.807) is 12.1 Å². The largest absolute Gasteiger partial charge is 0.378 e. The number of sulfonamides is 1. The minimum Gasteiger partial charge on any atom is -0.378 e. The molecule has 0 saturated heterocycles. The van der Waals surface area contributed by atoms with E-state index in [1.165, 1.54) is 0 Å². The lowest BCUT2D eigenvalue weighted by Crippen LogP contribution is -2.18. The molecule has 130 valence electrons. The van der Waals surface area contributed by atoms with Crippen LogP contribution < -0.4 is 9.62 Å². The first-order valence-electron chi connectivity index (χ1n) is 7.93. The Balaban J connectivity index is 2.48. The van der Waals surface area contributed by atoms with Crippen LogP contribution in [0.3, 0.4) is 0 Å². The molecular weight excluding hydrogens is 320 g/mol. The molecule has 0 bridgehead atoms. The third-order valence-corrected chi connectivity index (χ3v) is 6.49. The third-order valence-electron chi connectivity index (χ3n) is 4.84. The van der Waals surface area contributed by atoms with Gasteiger partial charge in [-0.15, -0.1) is 0 Å². The summed E-state index contributed by atoms with van der Waals surface area (Å²) < 4.78 is 28.6. The summed E-state index contributed by atoms with van der Waals surface area (Å²) >= 11 is 0. The fourth-order valence-electron chi connectivity index (χ4n) is 2.90. The second kappa shape index (κ2) is 6.48. The molecule has 24 heavy (non-hydrogen) atoms. The van der Waals surface area contributed by atoms with Gasteiger partial charge in [0, 0.05) is 25.5 Å². The summed E-state index contributed by atoms with van der Waals surface area (Å²) in [5, 5.41) is 0. The fourth-order valence-corrected chi connectivity index (χ4v) is 4.56. The number of nitrogens with zero attached hydrogens (tertiary/aromatic N) is 1. The van der Waals surface area contributed by atoms with Crippen molar-refractivity contribution in [2.24, 2.45) is 0 Å². The molecule has 4 nitrogen and oxygen atoms in total. The van der Waals surface area contributed by atoms with E-state index in [4.69, 9.17) is 0 Å². The first-order chi connectivity index (χ1) is 11.1. The molecule has 0 saturated carbocycles. The Hall–Kier alpha value is -2.01. The van der Waals surface area contributed by atoms with Crippen molar-refractivity contribution in [3.05, 3.63) is 52.1 Å². The van der Waals surface area contributed by atoms with Crippen LogP contribution in [0.4, 0.5) is 11.4 Å². The highest BCUT2D eigenvalue weighted by molar-refractivity contribution is 7.92. The number of hydrogen-bond donors (Lipinski definition) is 1. The van der Waals surface area contributed by atoms with Crippen molar-refractivity contribution < 1.29 is 8.42 Å². The van der Waals surface area contributed by atoms with Crippen LogP contribution in [-0.4, -0.2) is 22.5 Å². The van der Waals surface area contributed by atoms with E-state index in [0.29, 0.717) is 10.6 Å². The molecule has 0 heterocycles. The Bertz CT molecular complexity index is 838. The van der Waals surface area contributed by atoms with E-state index < -0.39 is 10.0 Å². The van der Waals surface area contributed by atoms with Gasteiger partial charge in [0.1, 0.15) is 0 Å². The Morgan fingerprint density at radius 2 is 1.17 bits per heavy atom. The molecule has 0 unspecified atom stereocenters. The topological polar surface area (TPSA) is 49.4 Å². The normalized spacial score (nSPS) is 11.5. The van der Waals surface area contributed by atoms with Gasteiger partial charge in [-0.1, -0.05) is 0 Å². The van der Waals surface area contributed by atoms with Crippen molar-refractivity contribution in [2.75, 3.05) is 23.7 Å². The van der Waals surface area contributed by atoms with Gasteiger partial charge in [0.05, 0.1) is 4.90 Å². The second-order valence-electron chi connectivity index (χ2n) is 6.50. The van der Waals surface area contributed by atoms with Crippen LogP contribution in [-0.2, 0) is 10.0 Å². The van der Waals surface area contributed by atoms with Gasteiger partial charge >= 0.3 is 0 Å². The first kappa shape index (κ1) is 18.3. The van der Waals surface area contributed by atoms with Gasteiger partial charge in [-0.2, -0.15) is 0 Å². The molecule has 1 N–H and O–H groups in total. The zero-order valence-electron chi connectivity index (χ0n) is 15.5. The van der Waals surface area contributed by atoms with Crippen LogP contribution in [0.15, 0.2) is 29.2 Å². The molecular formula is C19H26N2O2S. The van der Waals surface area contributed by atoms with Crippen LogP contribution in [0.2, 0.25) is 0 Å². The SMILES string of the molecule is Cc1c(C)c(C)c(S(=O)(=O)Nc2ccc(N(C)C)cc2)c(C)c1C. The summed E-state index contributed by atoms with van der Waals surface area (Å²) in [6.45, 7) is 9.73. The standard InChI is InChI=1S/C19H26N2O2S/c1-12-13(2)15(4)19(16(5)14(12)3)24(22,23)20-17-8-10-18(11-9-17)21(6)7/h8-11,20H,1-7H3. The number of anilines is 2. The number of nitrogens with one attached hydrogen (secondary N) is 1. The fraction of sp³-hybridized carbons (Fsp3) is 0.368. The van der Waals surface area contributed by atoms with Gasteiger partial charge in [-0.25, -0.2) is 8.42 Å². The molecule has 0 amide bonds. The lowest BCUT2D eigenvalue weighted by atomic mass is 9.95. The van der Waals surface area contributed by atoms with Crippen LogP contribution in [0.1, 0.15) is 27.8 Å². The number of hydrogen-bond acceptors (Lipinski definition) is 3. The predicted molar refractivity (Wildman–Crippen MR) is 102 cm³/mol. The van der Waals surface area contributed by atoms with Gasteiger partial charge in [0.25, 0.3) is 10.0 Å². The minimum absolute atomic E-state index is 0.389. The van der Waals surface area contributed by atoms with Crippen molar-refractivity contribution in [1.82, 2.24) is 0 Å². The maximum Gasteiger partial charge on any atom is 0.262 e. The number of benzene rings is 2. The highest BCUT2D eigenvalue weighted by atomic mass is 32.2. The molecule has 2 aromatic rings. The summed E-state index contributed by atoms with van der Waals surface area (Å²) in [5.74, 6) is 0. The smallest absolute Gasteiger partial charge is 0.262 e. The molecule has 0 atom stereocenters. The molecule has 2 aromatic carbocycles. The Kier molecular flexibility index (Phi) is 4.95. The van der Waals surface area contributed by atoms with Crippen molar-refractivity contribution in [1.29, 1.82) is 0 Å². The van der Waals surface area contributed by atoms with Gasteiger partial charge in [0.2, 0.25) is 0 Å². The molecule has 0 aliphatic carbocycles. The maximum atomic E-state index is 13.0. The highest BCUT2D eigenvalue weighted by Crippen LogP contribution is 2.31. The van der Waals surface area contributed by atoms with E-state index in [0.717, 1.165) is 33.5 Å². The van der Waals surface area contributed by atoms with E-state index in [9.17, 15) is 8.42 Å². The number of rotatable bonds is 4. The van der Waals surface area contributed by atoms with Crippen molar-refractivity contribution in [3.8, 4) is 0 Å². The quantitative estimate of drug-likeness (QED) is 0.907. The second-order valence-corrected chi connectivity index (χ2v) is 8.12. The molecule has 5 heteroatoms. The molecule has 2 rings (SSSR count). The zero-order chi connectivity index (χ0) is 18.2. The Morgan fingerprint density at radius 1 is 0.750 bits per heavy atom. The molecule has 0 aliphatic rings. The van der Waals surface area contributed by atoms with E-state index in [-0.39, 0.29) is 0 Å². The van der Waals surface area contributed by atoms with E-state index >= 15 is 0 Å². The van der Waals surface area contributed by atoms with Gasteiger partial charge in [-0.05, 0) is 86.7 Å². The summed E-state index contributed by atoms with van der Waals surface area (Å²) in [7, 11) is 0.263. The lowest BCUT2D eigenvalue weighted by Gasteiger charge is -2.19. The summed E-state index contributed by atoms with van der Waals surface area (Å²) in [6, 6.07) is 7.35. The van der Waals surface area contributed by atoms with Crippen LogP contribution in [0, 0.1) is 34.6 Å². The maximum absolute atomic E-state index is 13.0. The van der Waals surface area contributed by atoms with Crippen molar-refractivity contribution >= 4 is 21.4 Å². The van der Waals surface area contributed by atoms with Crippen LogP contribution in [0.5, 0.6) is 0 Å². The molecule has 0 radical (unpaired) electrons. The van der Waals surface area contributed by atoms with Crippen LogP contribution >= 0.6 is 0 Å². The van der Waals surface area contributed by atoms with Crippen molar-refractivity contribution in [2.45, 2.75) is 39.5 Å². The predicted octanol–water partition coefficient (Wildman–Crippen LogP) is 4.10. The Morgan fingerprint density at radius 3 is 1.58 bits per heavy atom. The molecule has 0 aromatic heterocycles. The van der Waals surface area contributed by atoms with Gasteiger partial charge in [-0.3, -0.25) is 4.72 Å². The summed E-state index contributed by atoms with van der Waals surface area (Å²) in [5.41, 5.74) is 6.42. The first-order valence-corrected chi connectivity index (χ1v) is 9.41. The third kappa shape index (κ3) is 3.26. The molecule has 0 spiro atoms. The monoisotopic (exact) mass is 346 g/mol. The average molecular weight is 346 g/mol. The zero-order valence-corrected chi connectivity index (χ0v) is 16.3. The van der Waals surface area contributed by atoms with E-state index in [1.807, 2.05) is 65.7 Å². The Labute approximate surface area is 145 Å². The van der Waals surface area contributed by atoms with Gasteiger partial charge in [0.15, 0.2) is 0 Å². The minimum atomic E-state index is -3.63. The summed E-state index contributed by atoms with van der Waals surface area (Å²) in [4.78, 5) is 2.36. The molecule has 0 fully saturated rings. The highest BCUT2D eigenvalue weighted by Gasteiger charge is 2.23. The van der Waals surface area contributed by atoms with Crippen LogP contribution in [0.25, 0.3) is 0 Å². The van der Waals surface area contributed by atoms with Crippen molar-refractivity contribution in [3.63, 3.8) is 0 Å². The van der Waals surface area contributed by atoms with E-state index in [2.05, 4.69) is 4.72 Å².